The molecule has 1 aliphatic carbocycles. The Morgan fingerprint density at radius 2 is 2.20 bits per heavy atom. The molecule has 1 aromatic carbocycles. The summed E-state index contributed by atoms with van der Waals surface area (Å²) in [5.74, 6) is 1.37. The smallest absolute Gasteiger partial charge is 0.146 e. The Morgan fingerprint density at radius 3 is 2.85 bits per heavy atom. The lowest BCUT2D eigenvalue weighted by Gasteiger charge is -2.23. The van der Waals surface area contributed by atoms with Crippen molar-refractivity contribution in [1.29, 1.82) is 0 Å². The molecule has 1 aliphatic rings. The van der Waals surface area contributed by atoms with E-state index in [0.717, 1.165) is 30.3 Å². The molecule has 0 heterocycles. The summed E-state index contributed by atoms with van der Waals surface area (Å²) < 4.78 is 19.2. The van der Waals surface area contributed by atoms with Crippen LogP contribution in [0.3, 0.4) is 0 Å². The topological polar surface area (TPSA) is 24.5 Å². The molecule has 4 heteroatoms. The average molecular weight is 280 g/mol. The standard InChI is InChI=1S/C16H25FN2O/c1-12-9-14(12)11-19(2)16-13(5-4-6-15(16)17)10-18-7-8-20-3/h4-6,12,14,18H,7-11H2,1-3H3. The summed E-state index contributed by atoms with van der Waals surface area (Å²) in [6, 6.07) is 5.31. The zero-order valence-electron chi connectivity index (χ0n) is 12.7. The van der Waals surface area contributed by atoms with Crippen LogP contribution in [0, 0.1) is 17.7 Å². The van der Waals surface area contributed by atoms with E-state index >= 15 is 0 Å². The van der Waals surface area contributed by atoms with E-state index in [9.17, 15) is 4.39 Å². The predicted molar refractivity (Wildman–Crippen MR) is 80.5 cm³/mol. The van der Waals surface area contributed by atoms with E-state index in [4.69, 9.17) is 4.74 Å². The number of halogens is 1. The van der Waals surface area contributed by atoms with Crippen molar-refractivity contribution in [3.63, 3.8) is 0 Å². The first-order valence-electron chi connectivity index (χ1n) is 7.31. The molecule has 112 valence electrons. The Labute approximate surface area is 121 Å². The first kappa shape index (κ1) is 15.3. The van der Waals surface area contributed by atoms with Crippen LogP contribution in [0.1, 0.15) is 18.9 Å². The third-order valence-corrected chi connectivity index (χ3v) is 4.03. The molecular formula is C16H25FN2O. The van der Waals surface area contributed by atoms with Crippen molar-refractivity contribution in [2.75, 3.05) is 38.8 Å². The highest BCUT2D eigenvalue weighted by Gasteiger charge is 2.33. The predicted octanol–water partition coefficient (Wildman–Crippen LogP) is 2.65. The summed E-state index contributed by atoms with van der Waals surface area (Å²) >= 11 is 0. The van der Waals surface area contributed by atoms with Gasteiger partial charge in [0.1, 0.15) is 5.82 Å². The molecule has 0 spiro atoms. The molecule has 1 saturated carbocycles. The molecule has 2 rings (SSSR count). The minimum absolute atomic E-state index is 0.133. The number of anilines is 1. The van der Waals surface area contributed by atoms with E-state index in [2.05, 4.69) is 17.1 Å². The highest BCUT2D eigenvalue weighted by atomic mass is 19.1. The van der Waals surface area contributed by atoms with Gasteiger partial charge in [-0.25, -0.2) is 4.39 Å². The van der Waals surface area contributed by atoms with Crippen LogP contribution < -0.4 is 10.2 Å². The number of benzene rings is 1. The second-order valence-electron chi connectivity index (χ2n) is 5.77. The van der Waals surface area contributed by atoms with Crippen molar-refractivity contribution in [3.05, 3.63) is 29.6 Å². The van der Waals surface area contributed by atoms with Gasteiger partial charge in [0.15, 0.2) is 0 Å². The van der Waals surface area contributed by atoms with Gasteiger partial charge in [0.2, 0.25) is 0 Å². The first-order chi connectivity index (χ1) is 9.63. The molecule has 0 bridgehead atoms. The Hall–Kier alpha value is -1.13. The quantitative estimate of drug-likeness (QED) is 0.741. The van der Waals surface area contributed by atoms with Gasteiger partial charge in [-0.3, -0.25) is 0 Å². The monoisotopic (exact) mass is 280 g/mol. The van der Waals surface area contributed by atoms with Crippen molar-refractivity contribution in [2.24, 2.45) is 11.8 Å². The fourth-order valence-electron chi connectivity index (χ4n) is 2.62. The number of rotatable bonds is 8. The van der Waals surface area contributed by atoms with Gasteiger partial charge in [0, 0.05) is 33.8 Å². The second-order valence-corrected chi connectivity index (χ2v) is 5.77. The van der Waals surface area contributed by atoms with Crippen LogP contribution in [0.15, 0.2) is 18.2 Å². The van der Waals surface area contributed by atoms with Gasteiger partial charge in [0.25, 0.3) is 0 Å². The molecule has 0 saturated heterocycles. The maximum absolute atomic E-state index is 14.1. The summed E-state index contributed by atoms with van der Waals surface area (Å²) in [6.07, 6.45) is 1.26. The number of nitrogens with one attached hydrogen (secondary N) is 1. The van der Waals surface area contributed by atoms with Gasteiger partial charge in [-0.15, -0.1) is 0 Å². The van der Waals surface area contributed by atoms with Crippen LogP contribution in [0.2, 0.25) is 0 Å². The van der Waals surface area contributed by atoms with Gasteiger partial charge in [0.05, 0.1) is 12.3 Å². The molecule has 0 aliphatic heterocycles. The van der Waals surface area contributed by atoms with Gasteiger partial charge in [-0.2, -0.15) is 0 Å². The average Bonchev–Trinajstić information content (AvgIpc) is 3.10. The molecule has 3 nitrogen and oxygen atoms in total. The molecule has 0 amide bonds. The van der Waals surface area contributed by atoms with Crippen molar-refractivity contribution in [3.8, 4) is 0 Å². The van der Waals surface area contributed by atoms with Crippen LogP contribution in [-0.2, 0) is 11.3 Å². The lowest BCUT2D eigenvalue weighted by Crippen LogP contribution is -2.25. The maximum Gasteiger partial charge on any atom is 0.146 e. The van der Waals surface area contributed by atoms with Gasteiger partial charge >= 0.3 is 0 Å². The van der Waals surface area contributed by atoms with Crippen LogP contribution in [0.5, 0.6) is 0 Å². The molecule has 2 unspecified atom stereocenters. The second kappa shape index (κ2) is 7.04. The van der Waals surface area contributed by atoms with Gasteiger partial charge < -0.3 is 15.0 Å². The molecule has 0 aromatic heterocycles. The van der Waals surface area contributed by atoms with Gasteiger partial charge in [-0.05, 0) is 29.9 Å². The highest BCUT2D eigenvalue weighted by Crippen LogP contribution is 2.39. The van der Waals surface area contributed by atoms with Crippen molar-refractivity contribution in [2.45, 2.75) is 19.9 Å². The minimum Gasteiger partial charge on any atom is -0.383 e. The normalized spacial score (nSPS) is 21.0. The third-order valence-electron chi connectivity index (χ3n) is 4.03. The minimum atomic E-state index is -0.133. The maximum atomic E-state index is 14.1. The molecule has 20 heavy (non-hydrogen) atoms. The summed E-state index contributed by atoms with van der Waals surface area (Å²) in [7, 11) is 3.67. The SMILES string of the molecule is COCCNCc1cccc(F)c1N(C)CC1CC1C. The largest absolute Gasteiger partial charge is 0.383 e. The van der Waals surface area contributed by atoms with E-state index in [1.807, 2.05) is 13.1 Å². The van der Waals surface area contributed by atoms with E-state index in [0.29, 0.717) is 19.1 Å². The Bertz CT molecular complexity index is 438. The lowest BCUT2D eigenvalue weighted by atomic mass is 10.1. The highest BCUT2D eigenvalue weighted by molar-refractivity contribution is 5.54. The number of nitrogens with zero attached hydrogens (tertiary/aromatic N) is 1. The lowest BCUT2D eigenvalue weighted by molar-refractivity contribution is 0.199. The van der Waals surface area contributed by atoms with E-state index in [1.165, 1.54) is 6.42 Å². The summed E-state index contributed by atoms with van der Waals surface area (Å²) in [5.41, 5.74) is 1.74. The van der Waals surface area contributed by atoms with Crippen LogP contribution in [0.4, 0.5) is 10.1 Å². The molecular weight excluding hydrogens is 255 g/mol. The van der Waals surface area contributed by atoms with E-state index in [1.54, 1.807) is 19.2 Å². The molecule has 1 N–H and O–H groups in total. The van der Waals surface area contributed by atoms with Crippen LogP contribution in [0.25, 0.3) is 0 Å². The fourth-order valence-corrected chi connectivity index (χ4v) is 2.62. The number of ether oxygens (including phenoxy) is 1. The third kappa shape index (κ3) is 3.93. The van der Waals surface area contributed by atoms with Crippen molar-refractivity contribution in [1.82, 2.24) is 5.32 Å². The summed E-state index contributed by atoms with van der Waals surface area (Å²) in [6.45, 7) is 5.30. The molecule has 2 atom stereocenters. The number of hydrogen-bond acceptors (Lipinski definition) is 3. The molecule has 1 fully saturated rings. The van der Waals surface area contributed by atoms with Crippen LogP contribution >= 0.6 is 0 Å². The van der Waals surface area contributed by atoms with Crippen molar-refractivity contribution >= 4 is 5.69 Å². The van der Waals surface area contributed by atoms with E-state index < -0.39 is 0 Å². The number of hydrogen-bond donors (Lipinski definition) is 1. The summed E-state index contributed by atoms with van der Waals surface area (Å²) in [5, 5.41) is 3.28. The Morgan fingerprint density at radius 1 is 1.45 bits per heavy atom. The zero-order valence-corrected chi connectivity index (χ0v) is 12.7. The van der Waals surface area contributed by atoms with Crippen molar-refractivity contribution < 1.29 is 9.13 Å². The molecule has 1 aromatic rings. The van der Waals surface area contributed by atoms with Crippen LogP contribution in [-0.4, -0.2) is 33.9 Å². The fraction of sp³-hybridized carbons (Fsp3) is 0.625. The summed E-state index contributed by atoms with van der Waals surface area (Å²) in [4.78, 5) is 2.07. The van der Waals surface area contributed by atoms with E-state index in [-0.39, 0.29) is 5.82 Å². The number of para-hydroxylation sites is 1. The Kier molecular flexibility index (Phi) is 5.38. The van der Waals surface area contributed by atoms with Gasteiger partial charge in [-0.1, -0.05) is 19.1 Å². The first-order valence-corrected chi connectivity index (χ1v) is 7.31. The molecule has 0 radical (unpaired) electrons. The number of methoxy groups -OCH3 is 1. The Balaban J connectivity index is 2.01. The zero-order chi connectivity index (χ0) is 14.5.